The normalized spacial score (nSPS) is 14.8. The number of benzene rings is 1. The molecule has 1 saturated heterocycles. The monoisotopic (exact) mass is 424 g/mol. The van der Waals surface area contributed by atoms with Crippen molar-refractivity contribution >= 4 is 22.8 Å². The second kappa shape index (κ2) is 9.93. The Morgan fingerprint density at radius 2 is 2.03 bits per heavy atom. The molecule has 0 saturated carbocycles. The molecule has 9 heteroatoms. The number of hydrogen-bond donors (Lipinski definition) is 3. The van der Waals surface area contributed by atoms with Gasteiger partial charge in [-0.25, -0.2) is 4.98 Å². The van der Waals surface area contributed by atoms with E-state index in [1.807, 2.05) is 4.68 Å². The number of aromatic nitrogens is 4. The molecule has 0 unspecified atom stereocenters. The summed E-state index contributed by atoms with van der Waals surface area (Å²) in [4.78, 5) is 11.2. The number of piperazine rings is 1. The van der Waals surface area contributed by atoms with Gasteiger partial charge in [-0.1, -0.05) is 25.5 Å². The Hall–Kier alpha value is -2.91. The first kappa shape index (κ1) is 21.3. The van der Waals surface area contributed by atoms with Crippen molar-refractivity contribution in [3.63, 3.8) is 0 Å². The SMILES string of the molecule is CCCCNc1nc(N)nc2cnn(Cc3ccc(CN4CCNCC4)cc3OC)c12. The van der Waals surface area contributed by atoms with E-state index in [2.05, 4.69) is 55.7 Å². The first-order chi connectivity index (χ1) is 15.2. The molecular weight excluding hydrogens is 392 g/mol. The third-order valence-corrected chi connectivity index (χ3v) is 5.62. The zero-order valence-corrected chi connectivity index (χ0v) is 18.4. The average molecular weight is 425 g/mol. The molecule has 0 bridgehead atoms. The van der Waals surface area contributed by atoms with Gasteiger partial charge in [-0.2, -0.15) is 10.1 Å². The first-order valence-electron chi connectivity index (χ1n) is 11.0. The van der Waals surface area contributed by atoms with Crippen LogP contribution < -0.4 is 21.1 Å². The number of fused-ring (bicyclic) bond motifs is 1. The van der Waals surface area contributed by atoms with Gasteiger partial charge >= 0.3 is 0 Å². The van der Waals surface area contributed by atoms with Crippen LogP contribution in [0.2, 0.25) is 0 Å². The number of anilines is 2. The lowest BCUT2D eigenvalue weighted by Crippen LogP contribution is -2.42. The van der Waals surface area contributed by atoms with Crippen LogP contribution in [0.5, 0.6) is 5.75 Å². The van der Waals surface area contributed by atoms with Gasteiger partial charge in [0.2, 0.25) is 5.95 Å². The summed E-state index contributed by atoms with van der Waals surface area (Å²) in [6.45, 7) is 8.72. The van der Waals surface area contributed by atoms with Gasteiger partial charge in [-0.3, -0.25) is 9.58 Å². The smallest absolute Gasteiger partial charge is 0.222 e. The summed E-state index contributed by atoms with van der Waals surface area (Å²) < 4.78 is 7.64. The molecule has 9 nitrogen and oxygen atoms in total. The van der Waals surface area contributed by atoms with E-state index < -0.39 is 0 Å². The Balaban J connectivity index is 1.58. The van der Waals surface area contributed by atoms with E-state index >= 15 is 0 Å². The molecular formula is C22H32N8O. The molecule has 1 fully saturated rings. The van der Waals surface area contributed by atoms with Crippen molar-refractivity contribution in [2.75, 3.05) is 50.9 Å². The zero-order valence-electron chi connectivity index (χ0n) is 18.4. The van der Waals surface area contributed by atoms with Crippen molar-refractivity contribution in [1.82, 2.24) is 30.0 Å². The summed E-state index contributed by atoms with van der Waals surface area (Å²) in [7, 11) is 1.72. The predicted octanol–water partition coefficient (Wildman–Crippen LogP) is 2.08. The second-order valence-electron chi connectivity index (χ2n) is 7.92. The van der Waals surface area contributed by atoms with Crippen LogP contribution in [-0.2, 0) is 13.1 Å². The summed E-state index contributed by atoms with van der Waals surface area (Å²) in [5, 5.41) is 11.3. The summed E-state index contributed by atoms with van der Waals surface area (Å²) in [6, 6.07) is 6.45. The highest BCUT2D eigenvalue weighted by atomic mass is 16.5. The highest BCUT2D eigenvalue weighted by molar-refractivity contribution is 5.86. The summed E-state index contributed by atoms with van der Waals surface area (Å²) in [5.74, 6) is 1.84. The number of unbranched alkanes of at least 4 members (excludes halogenated alkanes) is 1. The molecule has 2 aromatic heterocycles. The van der Waals surface area contributed by atoms with Crippen LogP contribution in [0.25, 0.3) is 11.0 Å². The largest absolute Gasteiger partial charge is 0.496 e. The van der Waals surface area contributed by atoms with Gasteiger partial charge in [0, 0.05) is 44.8 Å². The molecule has 0 atom stereocenters. The van der Waals surface area contributed by atoms with Crippen molar-refractivity contribution < 1.29 is 4.74 Å². The number of nitrogen functional groups attached to an aromatic ring is 1. The summed E-state index contributed by atoms with van der Waals surface area (Å²) >= 11 is 0. The van der Waals surface area contributed by atoms with Crippen molar-refractivity contribution in [2.45, 2.75) is 32.9 Å². The van der Waals surface area contributed by atoms with E-state index in [1.165, 1.54) is 5.56 Å². The maximum absolute atomic E-state index is 5.90. The molecule has 3 aromatic rings. The molecule has 4 rings (SSSR count). The van der Waals surface area contributed by atoms with Gasteiger partial charge in [-0.05, 0) is 18.1 Å². The van der Waals surface area contributed by atoms with Crippen LogP contribution in [0.15, 0.2) is 24.4 Å². The van der Waals surface area contributed by atoms with E-state index in [4.69, 9.17) is 10.5 Å². The highest BCUT2D eigenvalue weighted by Gasteiger charge is 2.16. The van der Waals surface area contributed by atoms with Crippen LogP contribution in [0, 0.1) is 0 Å². The minimum absolute atomic E-state index is 0.251. The standard InChI is InChI=1S/C22H32N8O/c1-3-4-7-25-21-20-18(27-22(23)28-21)13-26-30(20)15-17-6-5-16(12-19(17)31-2)14-29-10-8-24-9-11-29/h5-6,12-13,24H,3-4,7-11,14-15H2,1-2H3,(H3,23,25,27,28). The van der Waals surface area contributed by atoms with Crippen LogP contribution in [0.4, 0.5) is 11.8 Å². The number of hydrogen-bond acceptors (Lipinski definition) is 8. The fraction of sp³-hybridized carbons (Fsp3) is 0.500. The molecule has 31 heavy (non-hydrogen) atoms. The van der Waals surface area contributed by atoms with Gasteiger partial charge in [0.25, 0.3) is 0 Å². The van der Waals surface area contributed by atoms with Crippen LogP contribution in [-0.4, -0.2) is 64.5 Å². The third kappa shape index (κ3) is 5.05. The van der Waals surface area contributed by atoms with Gasteiger partial charge in [0.1, 0.15) is 16.8 Å². The second-order valence-corrected chi connectivity index (χ2v) is 7.92. The maximum atomic E-state index is 5.90. The van der Waals surface area contributed by atoms with E-state index in [0.29, 0.717) is 6.54 Å². The molecule has 0 aliphatic carbocycles. The number of methoxy groups -OCH3 is 1. The number of nitrogens with two attached hydrogens (primary N) is 1. The lowest BCUT2D eigenvalue weighted by atomic mass is 10.1. The van der Waals surface area contributed by atoms with Crippen molar-refractivity contribution in [3.05, 3.63) is 35.5 Å². The van der Waals surface area contributed by atoms with Gasteiger partial charge < -0.3 is 21.1 Å². The minimum atomic E-state index is 0.251. The molecule has 166 valence electrons. The molecule has 0 amide bonds. The number of nitrogens with zero attached hydrogens (tertiary/aromatic N) is 5. The van der Waals surface area contributed by atoms with Crippen LogP contribution >= 0.6 is 0 Å². The fourth-order valence-electron chi connectivity index (χ4n) is 3.95. The number of ether oxygens (including phenoxy) is 1. The Morgan fingerprint density at radius 1 is 1.19 bits per heavy atom. The number of nitrogens with one attached hydrogen (secondary N) is 2. The quantitative estimate of drug-likeness (QED) is 0.448. The molecule has 3 heterocycles. The number of rotatable bonds is 9. The third-order valence-electron chi connectivity index (χ3n) is 5.62. The zero-order chi connectivity index (χ0) is 21.6. The molecule has 0 radical (unpaired) electrons. The lowest BCUT2D eigenvalue weighted by Gasteiger charge is -2.27. The average Bonchev–Trinajstić information content (AvgIpc) is 3.18. The fourth-order valence-corrected chi connectivity index (χ4v) is 3.95. The summed E-state index contributed by atoms with van der Waals surface area (Å²) in [6.07, 6.45) is 3.90. The Morgan fingerprint density at radius 3 is 2.81 bits per heavy atom. The Kier molecular flexibility index (Phi) is 6.83. The molecule has 4 N–H and O–H groups in total. The Bertz CT molecular complexity index is 1010. The van der Waals surface area contributed by atoms with E-state index in [9.17, 15) is 0 Å². The minimum Gasteiger partial charge on any atom is -0.496 e. The van der Waals surface area contributed by atoms with Crippen LogP contribution in [0.1, 0.15) is 30.9 Å². The first-order valence-corrected chi connectivity index (χ1v) is 11.0. The summed E-state index contributed by atoms with van der Waals surface area (Å²) in [5.41, 5.74) is 9.82. The van der Waals surface area contributed by atoms with Crippen LogP contribution in [0.3, 0.4) is 0 Å². The predicted molar refractivity (Wildman–Crippen MR) is 123 cm³/mol. The van der Waals surface area contributed by atoms with Gasteiger partial charge in [0.15, 0.2) is 5.82 Å². The topological polar surface area (TPSA) is 106 Å². The lowest BCUT2D eigenvalue weighted by molar-refractivity contribution is 0.233. The Labute approximate surface area is 183 Å². The van der Waals surface area contributed by atoms with Crippen molar-refractivity contribution in [2.24, 2.45) is 0 Å². The van der Waals surface area contributed by atoms with Gasteiger partial charge in [-0.15, -0.1) is 0 Å². The molecule has 0 spiro atoms. The van der Waals surface area contributed by atoms with Gasteiger partial charge in [0.05, 0.1) is 19.9 Å². The molecule has 1 aromatic carbocycles. The molecule has 1 aliphatic rings. The van der Waals surface area contributed by atoms with Crippen molar-refractivity contribution in [1.29, 1.82) is 0 Å². The van der Waals surface area contributed by atoms with E-state index in [-0.39, 0.29) is 5.95 Å². The maximum Gasteiger partial charge on any atom is 0.222 e. The van der Waals surface area contributed by atoms with E-state index in [0.717, 1.165) is 80.3 Å². The molecule has 1 aliphatic heterocycles. The van der Waals surface area contributed by atoms with E-state index in [1.54, 1.807) is 13.3 Å². The van der Waals surface area contributed by atoms with Crippen molar-refractivity contribution in [3.8, 4) is 5.75 Å². The highest BCUT2D eigenvalue weighted by Crippen LogP contribution is 2.26.